The van der Waals surface area contributed by atoms with Crippen molar-refractivity contribution in [1.29, 1.82) is 0 Å². The maximum atomic E-state index is 2.71. The lowest BCUT2D eigenvalue weighted by atomic mass is 9.43. The predicted molar refractivity (Wildman–Crippen MR) is 258 cm³/mol. The second-order valence-electron chi connectivity index (χ2n) is 20.2. The molecule has 12 rings (SSSR count). The Balaban J connectivity index is 1.28. The van der Waals surface area contributed by atoms with Gasteiger partial charge in [-0.3, -0.25) is 0 Å². The van der Waals surface area contributed by atoms with E-state index in [0.717, 1.165) is 0 Å². The molecule has 0 bridgehead atoms. The highest BCUT2D eigenvalue weighted by atomic mass is 15.1. The van der Waals surface area contributed by atoms with Gasteiger partial charge in [-0.25, -0.2) is 0 Å². The Labute approximate surface area is 354 Å². The summed E-state index contributed by atoms with van der Waals surface area (Å²) in [6.07, 6.45) is 0. The molecule has 2 nitrogen and oxygen atoms in total. The van der Waals surface area contributed by atoms with E-state index < -0.39 is 0 Å². The number of anilines is 2. The van der Waals surface area contributed by atoms with E-state index in [1.807, 2.05) is 0 Å². The van der Waals surface area contributed by atoms with Crippen LogP contribution < -0.4 is 15.7 Å². The molecular weight excluding hydrogens is 723 g/mol. The SMILES string of the molecule is CC(C)(C)c1ccc2c(c1)c1cc(C(C)(C)C)cc3c1n2-c1c2c(cc4c1C(C)(C)c1ccccc1-4)-c1cc4ccccc4cc1N(c1ccc(-c4ccccc4)cc1)B23. The van der Waals surface area contributed by atoms with Gasteiger partial charge in [0.2, 0.25) is 0 Å². The van der Waals surface area contributed by atoms with E-state index in [0.29, 0.717) is 0 Å². The van der Waals surface area contributed by atoms with Crippen LogP contribution >= 0.6 is 0 Å². The van der Waals surface area contributed by atoms with Crippen LogP contribution in [0, 0.1) is 0 Å². The smallest absolute Gasteiger partial charge is 0.333 e. The first-order chi connectivity index (χ1) is 28.8. The third-order valence-corrected chi connectivity index (χ3v) is 14.2. The first-order valence-corrected chi connectivity index (χ1v) is 21.7. The lowest BCUT2D eigenvalue weighted by Crippen LogP contribution is -2.61. The van der Waals surface area contributed by atoms with Crippen LogP contribution in [0.3, 0.4) is 0 Å². The number of benzene rings is 8. The van der Waals surface area contributed by atoms with Crippen molar-refractivity contribution in [2.24, 2.45) is 0 Å². The monoisotopic (exact) mass is 772 g/mol. The summed E-state index contributed by atoms with van der Waals surface area (Å²) in [6.45, 7) is 19.0. The van der Waals surface area contributed by atoms with Gasteiger partial charge in [-0.1, -0.05) is 159 Å². The van der Waals surface area contributed by atoms with Crippen LogP contribution in [-0.4, -0.2) is 11.4 Å². The topological polar surface area (TPSA) is 8.17 Å². The molecule has 3 aliphatic rings. The fraction of sp³-hybridized carbons (Fsp3) is 0.193. The summed E-state index contributed by atoms with van der Waals surface area (Å²) in [5.41, 5.74) is 22.3. The largest absolute Gasteiger partial charge is 0.376 e. The molecule has 3 heterocycles. The predicted octanol–water partition coefficient (Wildman–Crippen LogP) is 13.7. The lowest BCUT2D eigenvalue weighted by Gasteiger charge is -2.44. The summed E-state index contributed by atoms with van der Waals surface area (Å²) < 4.78 is 2.71. The standard InChI is InChI=1S/C57H49BN2/c1-55(2,3)38-24-27-49-43(30-38)46-31-39(56(4,5)6)32-48-53(46)59(49)54-51-44(41-20-14-15-21-47(41)57(51,7)8)33-45-42-28-36-18-12-13-19-37(36)29-50(42)60(58(48)52(45)54)40-25-22-35(23-26-40)34-16-10-9-11-17-34/h9-33H,1-8H3. The Morgan fingerprint density at radius 2 is 1.17 bits per heavy atom. The third kappa shape index (κ3) is 4.78. The Bertz CT molecular complexity index is 3300. The summed E-state index contributed by atoms with van der Waals surface area (Å²) in [5, 5.41) is 5.20. The Morgan fingerprint density at radius 3 is 1.90 bits per heavy atom. The van der Waals surface area contributed by atoms with Crippen molar-refractivity contribution in [2.45, 2.75) is 71.6 Å². The minimum atomic E-state index is -0.218. The molecule has 9 aromatic rings. The highest BCUT2D eigenvalue weighted by molar-refractivity contribution is 6.93. The van der Waals surface area contributed by atoms with Gasteiger partial charge in [-0.2, -0.15) is 0 Å². The highest BCUT2D eigenvalue weighted by Crippen LogP contribution is 2.56. The molecule has 0 spiro atoms. The van der Waals surface area contributed by atoms with E-state index in [4.69, 9.17) is 0 Å². The Kier molecular flexibility index (Phi) is 7.07. The van der Waals surface area contributed by atoms with E-state index in [1.165, 1.54) is 116 Å². The number of hydrogen-bond acceptors (Lipinski definition) is 1. The normalized spacial score (nSPS) is 14.7. The highest BCUT2D eigenvalue weighted by Gasteiger charge is 2.49. The van der Waals surface area contributed by atoms with Crippen LogP contribution in [0.25, 0.3) is 71.6 Å². The van der Waals surface area contributed by atoms with E-state index in [2.05, 4.69) is 216 Å². The van der Waals surface area contributed by atoms with Crippen LogP contribution in [0.15, 0.2) is 152 Å². The molecule has 2 aliphatic heterocycles. The van der Waals surface area contributed by atoms with Crippen molar-refractivity contribution >= 4 is 61.7 Å². The zero-order chi connectivity index (χ0) is 41.0. The molecule has 0 amide bonds. The quantitative estimate of drug-likeness (QED) is 0.159. The van der Waals surface area contributed by atoms with E-state index >= 15 is 0 Å². The van der Waals surface area contributed by atoms with Crippen molar-refractivity contribution in [1.82, 2.24) is 4.57 Å². The van der Waals surface area contributed by atoms with Gasteiger partial charge in [0.05, 0.1) is 11.0 Å². The second-order valence-corrected chi connectivity index (χ2v) is 20.2. The van der Waals surface area contributed by atoms with Gasteiger partial charge < -0.3 is 9.38 Å². The fourth-order valence-electron chi connectivity index (χ4n) is 11.1. The number of rotatable bonds is 2. The molecular formula is C57H49BN2. The minimum absolute atomic E-state index is 0.0149. The molecule has 1 aromatic heterocycles. The number of hydrogen-bond donors (Lipinski definition) is 0. The molecule has 0 unspecified atom stereocenters. The van der Waals surface area contributed by atoms with Crippen molar-refractivity contribution in [2.75, 3.05) is 4.81 Å². The molecule has 0 fully saturated rings. The summed E-state index contributed by atoms with van der Waals surface area (Å²) >= 11 is 0. The van der Waals surface area contributed by atoms with Crippen molar-refractivity contribution in [3.63, 3.8) is 0 Å². The Hall–Kier alpha value is -6.32. The lowest BCUT2D eigenvalue weighted by molar-refractivity contribution is 0.590. The van der Waals surface area contributed by atoms with Gasteiger partial charge in [0.25, 0.3) is 0 Å². The summed E-state index contributed by atoms with van der Waals surface area (Å²) in [4.78, 5) is 2.70. The second kappa shape index (κ2) is 11.9. The van der Waals surface area contributed by atoms with Crippen LogP contribution in [0.1, 0.15) is 77.6 Å². The van der Waals surface area contributed by atoms with E-state index in [-0.39, 0.29) is 23.1 Å². The van der Waals surface area contributed by atoms with Crippen molar-refractivity contribution in [3.8, 4) is 39.1 Å². The summed E-state index contributed by atoms with van der Waals surface area (Å²) in [5.74, 6) is 0. The van der Waals surface area contributed by atoms with Crippen LogP contribution in [0.2, 0.25) is 0 Å². The molecule has 8 aromatic carbocycles. The average molecular weight is 773 g/mol. The zero-order valence-electron chi connectivity index (χ0n) is 35.9. The molecule has 3 heteroatoms. The first-order valence-electron chi connectivity index (χ1n) is 21.7. The Morgan fingerprint density at radius 1 is 0.517 bits per heavy atom. The van der Waals surface area contributed by atoms with Gasteiger partial charge in [0.1, 0.15) is 0 Å². The van der Waals surface area contributed by atoms with E-state index in [1.54, 1.807) is 0 Å². The van der Waals surface area contributed by atoms with Gasteiger partial charge in [0, 0.05) is 38.8 Å². The summed E-state index contributed by atoms with van der Waals surface area (Å²) in [6, 6.07) is 58.2. The molecule has 0 saturated heterocycles. The summed E-state index contributed by atoms with van der Waals surface area (Å²) in [7, 11) is 0. The van der Waals surface area contributed by atoms with Crippen molar-refractivity contribution < 1.29 is 0 Å². The number of aromatic nitrogens is 1. The molecule has 0 radical (unpaired) electrons. The molecule has 0 atom stereocenters. The number of fused-ring (bicyclic) bond motifs is 12. The van der Waals surface area contributed by atoms with Gasteiger partial charge in [0.15, 0.2) is 0 Å². The molecule has 290 valence electrons. The third-order valence-electron chi connectivity index (χ3n) is 14.2. The van der Waals surface area contributed by atoms with Gasteiger partial charge >= 0.3 is 6.85 Å². The first kappa shape index (κ1) is 35.6. The molecule has 0 saturated carbocycles. The average Bonchev–Trinajstić information content (AvgIpc) is 3.69. The van der Waals surface area contributed by atoms with Crippen LogP contribution in [0.4, 0.5) is 11.4 Å². The van der Waals surface area contributed by atoms with Gasteiger partial charge in [-0.05, 0) is 131 Å². The maximum absolute atomic E-state index is 2.71. The van der Waals surface area contributed by atoms with Crippen LogP contribution in [0.5, 0.6) is 0 Å². The molecule has 0 N–H and O–H groups in total. The minimum Gasteiger partial charge on any atom is -0.376 e. The molecule has 1 aliphatic carbocycles. The van der Waals surface area contributed by atoms with E-state index in [9.17, 15) is 0 Å². The number of nitrogens with zero attached hydrogens (tertiary/aromatic N) is 2. The van der Waals surface area contributed by atoms with Gasteiger partial charge in [-0.15, -0.1) is 0 Å². The van der Waals surface area contributed by atoms with Crippen LogP contribution in [-0.2, 0) is 16.2 Å². The maximum Gasteiger partial charge on any atom is 0.333 e. The zero-order valence-corrected chi connectivity index (χ0v) is 35.9. The van der Waals surface area contributed by atoms with Crippen molar-refractivity contribution in [3.05, 3.63) is 174 Å². The molecule has 60 heavy (non-hydrogen) atoms. The fourth-order valence-corrected chi connectivity index (χ4v) is 11.1.